The quantitative estimate of drug-likeness (QED) is 0.228. The van der Waals surface area contributed by atoms with Crippen LogP contribution in [0.4, 0.5) is 37.5 Å². The number of nitrogens with one attached hydrogen (secondary N) is 3. The summed E-state index contributed by atoms with van der Waals surface area (Å²) in [4.78, 5) is 34.1. The first-order chi connectivity index (χ1) is 19.8. The number of aryl methyl sites for hydroxylation is 1. The number of halogens is 2. The third-order valence-corrected chi connectivity index (χ3v) is 7.35. The number of likely N-dealkylation sites (N-methyl/N-ethyl adjacent to an activating group) is 1. The lowest BCUT2D eigenvalue weighted by Gasteiger charge is -2.17. The van der Waals surface area contributed by atoms with Crippen LogP contribution in [0.5, 0.6) is 0 Å². The highest BCUT2D eigenvalue weighted by atomic mass is 19.3. The number of pyridine rings is 2. The maximum absolute atomic E-state index is 14.6. The fourth-order valence-corrected chi connectivity index (χ4v) is 5.26. The highest BCUT2D eigenvalue weighted by Crippen LogP contribution is 2.45. The first kappa shape index (κ1) is 24.6. The van der Waals surface area contributed by atoms with Gasteiger partial charge in [0, 0.05) is 53.0 Å². The number of aromatic nitrogens is 5. The van der Waals surface area contributed by atoms with Crippen LogP contribution in [0.2, 0.25) is 0 Å². The number of rotatable bonds is 5. The molecule has 6 aromatic rings. The summed E-state index contributed by atoms with van der Waals surface area (Å²) in [5.74, 6) is -3.73. The van der Waals surface area contributed by atoms with E-state index >= 15 is 0 Å². The van der Waals surface area contributed by atoms with Gasteiger partial charge in [-0.05, 0) is 55.0 Å². The lowest BCUT2D eigenvalue weighted by molar-refractivity contribution is -0.141. The van der Waals surface area contributed by atoms with Gasteiger partial charge in [-0.3, -0.25) is 4.79 Å². The van der Waals surface area contributed by atoms with Gasteiger partial charge in [0.25, 0.3) is 0 Å². The minimum Gasteiger partial charge on any atom is -0.346 e. The van der Waals surface area contributed by atoms with E-state index in [1.807, 2.05) is 49.5 Å². The standard InChI is InChI=1S/C30H22F2N8O/c1-16-5-7-19-18(9-12-35-27(19)38-17-6-8-23-22(14-17)30(31,32)29(41)40(23)2)24(16)39-28-20(4-3-11-33-28)25-21-10-13-34-26(21)37-15-36-25/h3-15H,1-2H3,(H,33,39)(H,35,38)(H,34,36,37). The molecule has 0 unspecified atom stereocenters. The monoisotopic (exact) mass is 548 g/mol. The van der Waals surface area contributed by atoms with E-state index in [1.54, 1.807) is 18.5 Å². The molecule has 4 aromatic heterocycles. The van der Waals surface area contributed by atoms with Gasteiger partial charge in [0.05, 0.1) is 22.6 Å². The topological polar surface area (TPSA) is 112 Å². The first-order valence-corrected chi connectivity index (χ1v) is 12.8. The van der Waals surface area contributed by atoms with Gasteiger partial charge in [-0.15, -0.1) is 0 Å². The minimum absolute atomic E-state index is 0.185. The lowest BCUT2D eigenvalue weighted by Crippen LogP contribution is -2.31. The molecule has 9 nitrogen and oxygen atoms in total. The second-order valence-electron chi connectivity index (χ2n) is 9.79. The van der Waals surface area contributed by atoms with E-state index in [4.69, 9.17) is 0 Å². The van der Waals surface area contributed by atoms with Crippen molar-refractivity contribution in [1.82, 2.24) is 24.9 Å². The first-order valence-electron chi connectivity index (χ1n) is 12.8. The van der Waals surface area contributed by atoms with E-state index < -0.39 is 11.8 Å². The number of H-pyrrole nitrogens is 1. The number of benzene rings is 2. The summed E-state index contributed by atoms with van der Waals surface area (Å²) in [5.41, 5.74) is 4.32. The van der Waals surface area contributed by atoms with Crippen LogP contribution in [0.15, 0.2) is 79.5 Å². The normalized spacial score (nSPS) is 14.0. The van der Waals surface area contributed by atoms with Crippen molar-refractivity contribution in [2.75, 3.05) is 22.6 Å². The van der Waals surface area contributed by atoms with Gasteiger partial charge in [-0.1, -0.05) is 12.1 Å². The van der Waals surface area contributed by atoms with Crippen molar-refractivity contribution in [2.45, 2.75) is 12.8 Å². The molecule has 7 rings (SSSR count). The van der Waals surface area contributed by atoms with E-state index in [1.165, 1.54) is 25.5 Å². The van der Waals surface area contributed by atoms with Gasteiger partial charge in [0.15, 0.2) is 0 Å². The number of hydrogen-bond acceptors (Lipinski definition) is 7. The lowest BCUT2D eigenvalue weighted by atomic mass is 10.0. The molecule has 0 bridgehead atoms. The Hall–Kier alpha value is -5.45. The molecule has 0 fully saturated rings. The summed E-state index contributed by atoms with van der Waals surface area (Å²) in [7, 11) is 1.34. The van der Waals surface area contributed by atoms with Crippen molar-refractivity contribution >= 4 is 56.4 Å². The average molecular weight is 549 g/mol. The zero-order valence-electron chi connectivity index (χ0n) is 21.9. The molecule has 2 aromatic carbocycles. The molecule has 3 N–H and O–H groups in total. The van der Waals surface area contributed by atoms with Gasteiger partial charge >= 0.3 is 11.8 Å². The number of fused-ring (bicyclic) bond motifs is 3. The highest BCUT2D eigenvalue weighted by Gasteiger charge is 2.51. The summed E-state index contributed by atoms with van der Waals surface area (Å²) < 4.78 is 29.2. The van der Waals surface area contributed by atoms with Crippen molar-refractivity contribution in [3.63, 3.8) is 0 Å². The second kappa shape index (κ2) is 9.05. The molecule has 202 valence electrons. The summed E-state index contributed by atoms with van der Waals surface area (Å²) in [6.45, 7) is 1.99. The molecule has 1 amide bonds. The van der Waals surface area contributed by atoms with Gasteiger partial charge in [0.1, 0.15) is 23.6 Å². The van der Waals surface area contributed by atoms with Crippen molar-refractivity contribution in [2.24, 2.45) is 0 Å². The number of amides is 1. The molecule has 0 aliphatic carbocycles. The molecule has 0 saturated heterocycles. The van der Waals surface area contributed by atoms with Crippen LogP contribution in [-0.4, -0.2) is 37.9 Å². The average Bonchev–Trinajstić information content (AvgIpc) is 3.53. The molecule has 0 atom stereocenters. The Morgan fingerprint density at radius 1 is 0.878 bits per heavy atom. The summed E-state index contributed by atoms with van der Waals surface area (Å²) in [6, 6.07) is 16.0. The highest BCUT2D eigenvalue weighted by molar-refractivity contribution is 6.07. The second-order valence-corrected chi connectivity index (χ2v) is 9.79. The van der Waals surface area contributed by atoms with E-state index in [9.17, 15) is 13.6 Å². The predicted molar refractivity (Wildman–Crippen MR) is 154 cm³/mol. The molecular weight excluding hydrogens is 526 g/mol. The molecule has 11 heteroatoms. The molecule has 5 heterocycles. The minimum atomic E-state index is -3.59. The SMILES string of the molecule is Cc1ccc2c(Nc3ccc4c(c3)C(F)(F)C(=O)N4C)nccc2c1Nc1ncccc1-c1ncnc2[nH]ccc12. The number of carbonyl (C=O) groups excluding carboxylic acids is 1. The largest absolute Gasteiger partial charge is 0.352 e. The van der Waals surface area contributed by atoms with Crippen molar-refractivity contribution < 1.29 is 13.6 Å². The Morgan fingerprint density at radius 2 is 1.73 bits per heavy atom. The van der Waals surface area contributed by atoms with Gasteiger partial charge in [0.2, 0.25) is 0 Å². The molecule has 1 aliphatic heterocycles. The molecular formula is C30H22F2N8O. The molecule has 0 radical (unpaired) electrons. The van der Waals surface area contributed by atoms with Crippen LogP contribution in [0, 0.1) is 6.92 Å². The van der Waals surface area contributed by atoms with Crippen molar-refractivity contribution in [1.29, 1.82) is 0 Å². The number of nitrogens with zero attached hydrogens (tertiary/aromatic N) is 5. The third-order valence-electron chi connectivity index (χ3n) is 7.35. The number of carbonyl (C=O) groups is 1. The fraction of sp³-hybridized carbons (Fsp3) is 0.100. The number of hydrogen-bond donors (Lipinski definition) is 3. The Bertz CT molecular complexity index is 2000. The van der Waals surface area contributed by atoms with Crippen LogP contribution in [0.1, 0.15) is 11.1 Å². The molecule has 0 spiro atoms. The van der Waals surface area contributed by atoms with Crippen LogP contribution < -0.4 is 15.5 Å². The summed E-state index contributed by atoms with van der Waals surface area (Å²) in [5, 5.41) is 9.18. The van der Waals surface area contributed by atoms with Crippen molar-refractivity contribution in [3.05, 3.63) is 90.6 Å². The zero-order chi connectivity index (χ0) is 28.3. The van der Waals surface area contributed by atoms with E-state index in [0.717, 1.165) is 49.2 Å². The van der Waals surface area contributed by atoms with E-state index in [2.05, 4.69) is 35.6 Å². The number of alkyl halides is 2. The molecule has 0 saturated carbocycles. The van der Waals surface area contributed by atoms with Gasteiger partial charge in [-0.25, -0.2) is 19.9 Å². The summed E-state index contributed by atoms with van der Waals surface area (Å²) in [6.07, 6.45) is 6.70. The van der Waals surface area contributed by atoms with E-state index in [0.29, 0.717) is 17.3 Å². The van der Waals surface area contributed by atoms with Gasteiger partial charge in [-0.2, -0.15) is 8.78 Å². The van der Waals surface area contributed by atoms with Crippen LogP contribution in [0.3, 0.4) is 0 Å². The summed E-state index contributed by atoms with van der Waals surface area (Å²) >= 11 is 0. The Labute approximate surface area is 232 Å². The molecule has 41 heavy (non-hydrogen) atoms. The predicted octanol–water partition coefficient (Wildman–Crippen LogP) is 6.43. The number of anilines is 5. The maximum Gasteiger partial charge on any atom is 0.352 e. The smallest absolute Gasteiger partial charge is 0.346 e. The van der Waals surface area contributed by atoms with Crippen molar-refractivity contribution in [3.8, 4) is 11.3 Å². The Kier molecular flexibility index (Phi) is 5.43. The van der Waals surface area contributed by atoms with Crippen LogP contribution in [-0.2, 0) is 10.7 Å². The number of aromatic amines is 1. The Balaban J connectivity index is 1.29. The van der Waals surface area contributed by atoms with Crippen LogP contribution >= 0.6 is 0 Å². The Morgan fingerprint density at radius 3 is 2.61 bits per heavy atom. The maximum atomic E-state index is 14.6. The van der Waals surface area contributed by atoms with Crippen LogP contribution in [0.25, 0.3) is 33.1 Å². The third kappa shape index (κ3) is 3.85. The zero-order valence-corrected chi connectivity index (χ0v) is 21.9. The van der Waals surface area contributed by atoms with E-state index in [-0.39, 0.29) is 11.3 Å². The molecule has 1 aliphatic rings. The fourth-order valence-electron chi connectivity index (χ4n) is 5.26. The van der Waals surface area contributed by atoms with Gasteiger partial charge < -0.3 is 20.5 Å².